The van der Waals surface area contributed by atoms with Gasteiger partial charge in [-0.2, -0.15) is 0 Å². The molecule has 2 atom stereocenters. The largest absolute Gasteiger partial charge is 0.465 e. The van der Waals surface area contributed by atoms with Gasteiger partial charge in [-0.05, 0) is 26.7 Å². The van der Waals surface area contributed by atoms with Crippen molar-refractivity contribution in [3.8, 4) is 0 Å². The number of rotatable bonds is 5. The van der Waals surface area contributed by atoms with Gasteiger partial charge in [0.1, 0.15) is 6.04 Å². The molecule has 0 saturated carbocycles. The van der Waals surface area contributed by atoms with Crippen LogP contribution in [0.3, 0.4) is 0 Å². The van der Waals surface area contributed by atoms with E-state index < -0.39 is 18.1 Å². The van der Waals surface area contributed by atoms with Gasteiger partial charge in [0.05, 0.1) is 12.7 Å². The van der Waals surface area contributed by atoms with E-state index in [4.69, 9.17) is 15.6 Å². The van der Waals surface area contributed by atoms with Crippen LogP contribution in [0.25, 0.3) is 0 Å². The Kier molecular flexibility index (Phi) is 5.66. The number of ether oxygens (including phenoxy) is 1. The molecular weight excluding hydrogens is 158 g/mol. The fourth-order valence-corrected chi connectivity index (χ4v) is 0.788. The van der Waals surface area contributed by atoms with Gasteiger partial charge in [-0.1, -0.05) is 0 Å². The van der Waals surface area contributed by atoms with Crippen molar-refractivity contribution in [3.05, 3.63) is 0 Å². The van der Waals surface area contributed by atoms with Crippen molar-refractivity contribution in [2.75, 3.05) is 6.61 Å². The molecular formula is C8H17NO3. The molecule has 0 aliphatic carbocycles. The Morgan fingerprint density at radius 3 is 2.58 bits per heavy atom. The summed E-state index contributed by atoms with van der Waals surface area (Å²) in [5.41, 5.74) is 5.47. The van der Waals surface area contributed by atoms with Gasteiger partial charge in [0, 0.05) is 0 Å². The predicted molar refractivity (Wildman–Crippen MR) is 45.5 cm³/mol. The van der Waals surface area contributed by atoms with Gasteiger partial charge in [-0.3, -0.25) is 4.79 Å². The first-order valence-electron chi connectivity index (χ1n) is 4.18. The van der Waals surface area contributed by atoms with Crippen LogP contribution in [0.4, 0.5) is 0 Å². The number of carbonyl (C=O) groups is 1. The second-order valence-electron chi connectivity index (χ2n) is 2.78. The highest BCUT2D eigenvalue weighted by atomic mass is 16.5. The molecule has 0 heterocycles. The van der Waals surface area contributed by atoms with E-state index in [-0.39, 0.29) is 0 Å². The molecule has 0 amide bonds. The van der Waals surface area contributed by atoms with Crippen LogP contribution in [0.2, 0.25) is 0 Å². The van der Waals surface area contributed by atoms with Crippen LogP contribution in [0.5, 0.6) is 0 Å². The Labute approximate surface area is 72.7 Å². The molecule has 0 aromatic heterocycles. The number of aliphatic hydroxyl groups is 1. The van der Waals surface area contributed by atoms with Gasteiger partial charge in [0.25, 0.3) is 0 Å². The maximum Gasteiger partial charge on any atom is 0.322 e. The first-order chi connectivity index (χ1) is 5.57. The monoisotopic (exact) mass is 175 g/mol. The number of hydrogen-bond acceptors (Lipinski definition) is 4. The summed E-state index contributed by atoms with van der Waals surface area (Å²) in [7, 11) is 0. The highest BCUT2D eigenvalue weighted by Gasteiger charge is 2.14. The molecule has 4 nitrogen and oxygen atoms in total. The van der Waals surface area contributed by atoms with Gasteiger partial charge >= 0.3 is 5.97 Å². The van der Waals surface area contributed by atoms with E-state index in [2.05, 4.69) is 0 Å². The number of nitrogens with two attached hydrogens (primary N) is 1. The summed E-state index contributed by atoms with van der Waals surface area (Å²) in [5, 5.41) is 8.91. The van der Waals surface area contributed by atoms with E-state index in [0.717, 1.165) is 0 Å². The zero-order valence-corrected chi connectivity index (χ0v) is 7.62. The molecule has 0 aliphatic heterocycles. The van der Waals surface area contributed by atoms with Gasteiger partial charge in [0.15, 0.2) is 0 Å². The average Bonchev–Trinajstić information content (AvgIpc) is 2.00. The van der Waals surface area contributed by atoms with Gasteiger partial charge in [-0.25, -0.2) is 0 Å². The van der Waals surface area contributed by atoms with Crippen molar-refractivity contribution < 1.29 is 14.6 Å². The molecule has 72 valence electrons. The van der Waals surface area contributed by atoms with Gasteiger partial charge < -0.3 is 15.6 Å². The van der Waals surface area contributed by atoms with Crippen LogP contribution in [0.15, 0.2) is 0 Å². The van der Waals surface area contributed by atoms with E-state index in [1.54, 1.807) is 13.8 Å². The molecule has 4 heteroatoms. The molecule has 0 fully saturated rings. The fraction of sp³-hybridized carbons (Fsp3) is 0.875. The Morgan fingerprint density at radius 2 is 2.17 bits per heavy atom. The lowest BCUT2D eigenvalue weighted by molar-refractivity contribution is -0.144. The lowest BCUT2D eigenvalue weighted by atomic mass is 10.1. The SMILES string of the molecule is CCOC(=O)C(N)CCC(C)O. The Hall–Kier alpha value is -0.610. The van der Waals surface area contributed by atoms with E-state index in [1.807, 2.05) is 0 Å². The third-order valence-corrected chi connectivity index (χ3v) is 1.48. The topological polar surface area (TPSA) is 72.5 Å². The minimum atomic E-state index is -0.598. The first kappa shape index (κ1) is 11.4. The highest BCUT2D eigenvalue weighted by molar-refractivity contribution is 5.75. The molecule has 3 N–H and O–H groups in total. The molecule has 0 bridgehead atoms. The van der Waals surface area contributed by atoms with E-state index >= 15 is 0 Å². The molecule has 0 aromatic carbocycles. The fourth-order valence-electron chi connectivity index (χ4n) is 0.788. The minimum absolute atomic E-state index is 0.348. The van der Waals surface area contributed by atoms with Crippen molar-refractivity contribution in [1.29, 1.82) is 0 Å². The van der Waals surface area contributed by atoms with Gasteiger partial charge in [0.2, 0.25) is 0 Å². The second-order valence-corrected chi connectivity index (χ2v) is 2.78. The molecule has 0 rings (SSSR count). The predicted octanol–water partition coefficient (Wildman–Crippen LogP) is 0.0378. The van der Waals surface area contributed by atoms with Crippen molar-refractivity contribution in [3.63, 3.8) is 0 Å². The lowest BCUT2D eigenvalue weighted by Gasteiger charge is -2.10. The van der Waals surface area contributed by atoms with Crippen LogP contribution < -0.4 is 5.73 Å². The van der Waals surface area contributed by atoms with Crippen LogP contribution in [0, 0.1) is 0 Å². The zero-order valence-electron chi connectivity index (χ0n) is 7.62. The minimum Gasteiger partial charge on any atom is -0.465 e. The van der Waals surface area contributed by atoms with Crippen LogP contribution in [-0.4, -0.2) is 29.8 Å². The summed E-state index contributed by atoms with van der Waals surface area (Å²) in [6.07, 6.45) is 0.585. The van der Waals surface area contributed by atoms with E-state index in [0.29, 0.717) is 19.4 Å². The summed E-state index contributed by atoms with van der Waals surface area (Å²) >= 11 is 0. The molecule has 0 radical (unpaired) electrons. The second kappa shape index (κ2) is 5.97. The number of esters is 1. The Morgan fingerprint density at radius 1 is 1.58 bits per heavy atom. The smallest absolute Gasteiger partial charge is 0.322 e. The van der Waals surface area contributed by atoms with E-state index in [1.165, 1.54) is 0 Å². The average molecular weight is 175 g/mol. The van der Waals surface area contributed by atoms with Crippen molar-refractivity contribution >= 4 is 5.97 Å². The normalized spacial score (nSPS) is 15.3. The maximum atomic E-state index is 10.9. The maximum absolute atomic E-state index is 10.9. The van der Waals surface area contributed by atoms with Crippen molar-refractivity contribution in [1.82, 2.24) is 0 Å². The summed E-state index contributed by atoms with van der Waals surface area (Å²) in [5.74, 6) is -0.391. The van der Waals surface area contributed by atoms with Crippen molar-refractivity contribution in [2.45, 2.75) is 38.8 Å². The molecule has 0 saturated heterocycles. The van der Waals surface area contributed by atoms with Crippen LogP contribution in [-0.2, 0) is 9.53 Å². The molecule has 2 unspecified atom stereocenters. The number of aliphatic hydroxyl groups excluding tert-OH is 1. The quantitative estimate of drug-likeness (QED) is 0.578. The zero-order chi connectivity index (χ0) is 9.56. The Balaban J connectivity index is 3.56. The summed E-state index contributed by atoms with van der Waals surface area (Å²) < 4.78 is 4.69. The van der Waals surface area contributed by atoms with E-state index in [9.17, 15) is 4.79 Å². The van der Waals surface area contributed by atoms with Crippen LogP contribution >= 0.6 is 0 Å². The summed E-state index contributed by atoms with van der Waals surface area (Å²) in [4.78, 5) is 10.9. The van der Waals surface area contributed by atoms with Crippen molar-refractivity contribution in [2.24, 2.45) is 5.73 Å². The van der Waals surface area contributed by atoms with Gasteiger partial charge in [-0.15, -0.1) is 0 Å². The molecule has 0 aromatic rings. The number of carbonyl (C=O) groups excluding carboxylic acids is 1. The molecule has 0 aliphatic rings. The summed E-state index contributed by atoms with van der Waals surface area (Å²) in [6, 6.07) is -0.598. The summed E-state index contributed by atoms with van der Waals surface area (Å²) in [6.45, 7) is 3.75. The standard InChI is InChI=1S/C8H17NO3/c1-3-12-8(11)7(9)5-4-6(2)10/h6-7,10H,3-5,9H2,1-2H3. The number of hydrogen-bond donors (Lipinski definition) is 2. The first-order valence-corrected chi connectivity index (χ1v) is 4.18. The molecule has 0 spiro atoms. The Bertz CT molecular complexity index is 136. The third kappa shape index (κ3) is 5.09. The third-order valence-electron chi connectivity index (χ3n) is 1.48. The molecule has 12 heavy (non-hydrogen) atoms. The van der Waals surface area contributed by atoms with Crippen LogP contribution in [0.1, 0.15) is 26.7 Å². The lowest BCUT2D eigenvalue weighted by Crippen LogP contribution is -2.32. The highest BCUT2D eigenvalue weighted by Crippen LogP contribution is 2.00.